The minimum atomic E-state index is -0.575. The molecule has 1 unspecified atom stereocenters. The Morgan fingerprint density at radius 2 is 1.90 bits per heavy atom. The van der Waals surface area contributed by atoms with Crippen LogP contribution in [0.5, 0.6) is 11.5 Å². The molecule has 0 saturated carbocycles. The van der Waals surface area contributed by atoms with Crippen molar-refractivity contribution in [1.82, 2.24) is 0 Å². The van der Waals surface area contributed by atoms with Gasteiger partial charge in [-0.25, -0.2) is 8.78 Å². The minimum Gasteiger partial charge on any atom is -0.497 e. The first-order chi connectivity index (χ1) is 10.1. The summed E-state index contributed by atoms with van der Waals surface area (Å²) in [6.07, 6.45) is 0.494. The second-order valence-corrected chi connectivity index (χ2v) is 4.93. The highest BCUT2D eigenvalue weighted by molar-refractivity contribution is 5.61. The zero-order chi connectivity index (χ0) is 15.0. The van der Waals surface area contributed by atoms with Gasteiger partial charge in [-0.05, 0) is 36.2 Å². The number of fused-ring (bicyclic) bond motifs is 1. The predicted molar refractivity (Wildman–Crippen MR) is 76.0 cm³/mol. The molecule has 0 bridgehead atoms. The Kier molecular flexibility index (Phi) is 3.41. The lowest BCUT2D eigenvalue weighted by atomic mass is 10.0. The summed E-state index contributed by atoms with van der Waals surface area (Å²) < 4.78 is 37.7. The van der Waals surface area contributed by atoms with Gasteiger partial charge in [-0.3, -0.25) is 0 Å². The summed E-state index contributed by atoms with van der Waals surface area (Å²) in [5.41, 5.74) is 1.83. The molecule has 1 aliphatic rings. The van der Waals surface area contributed by atoms with Gasteiger partial charge in [0.25, 0.3) is 0 Å². The van der Waals surface area contributed by atoms with Crippen molar-refractivity contribution in [3.63, 3.8) is 0 Å². The number of anilines is 1. The lowest BCUT2D eigenvalue weighted by molar-refractivity contribution is 0.396. The zero-order valence-corrected chi connectivity index (χ0v) is 11.7. The normalized spacial score (nSPS) is 16.3. The van der Waals surface area contributed by atoms with Crippen LogP contribution in [0.4, 0.5) is 14.5 Å². The molecule has 0 radical (unpaired) electrons. The van der Waals surface area contributed by atoms with Crippen LogP contribution in [-0.2, 0) is 6.42 Å². The zero-order valence-electron chi connectivity index (χ0n) is 11.7. The molecular weight excluding hydrogens is 276 g/mol. The number of ether oxygens (including phenoxy) is 2. The largest absolute Gasteiger partial charge is 0.497 e. The van der Waals surface area contributed by atoms with Crippen molar-refractivity contribution in [3.8, 4) is 11.5 Å². The maximum atomic E-state index is 13.8. The second kappa shape index (κ2) is 5.24. The van der Waals surface area contributed by atoms with E-state index in [-0.39, 0.29) is 6.04 Å². The molecule has 2 aromatic rings. The molecule has 3 nitrogen and oxygen atoms in total. The van der Waals surface area contributed by atoms with Crippen molar-refractivity contribution >= 4 is 5.69 Å². The number of hydrogen-bond acceptors (Lipinski definition) is 3. The summed E-state index contributed by atoms with van der Waals surface area (Å²) in [5.74, 6) is 0.234. The van der Waals surface area contributed by atoms with Gasteiger partial charge in [0.2, 0.25) is 0 Å². The first-order valence-electron chi connectivity index (χ1n) is 6.58. The molecule has 1 N–H and O–H groups in total. The van der Waals surface area contributed by atoms with Gasteiger partial charge in [-0.15, -0.1) is 0 Å². The summed E-state index contributed by atoms with van der Waals surface area (Å²) in [6.45, 7) is 0. The first-order valence-corrected chi connectivity index (χ1v) is 6.58. The van der Waals surface area contributed by atoms with Crippen LogP contribution >= 0.6 is 0 Å². The molecule has 0 spiro atoms. The van der Waals surface area contributed by atoms with Crippen LogP contribution in [0.3, 0.4) is 0 Å². The van der Waals surface area contributed by atoms with E-state index in [1.807, 2.05) is 6.07 Å². The Morgan fingerprint density at radius 3 is 2.62 bits per heavy atom. The van der Waals surface area contributed by atoms with Crippen molar-refractivity contribution in [2.24, 2.45) is 0 Å². The van der Waals surface area contributed by atoms with E-state index < -0.39 is 11.6 Å². The fourth-order valence-corrected chi connectivity index (χ4v) is 2.69. The SMILES string of the molecule is COc1ccc(OC)c(C2Cc3cc(F)cc(F)c3N2)c1. The third-order valence-electron chi connectivity index (χ3n) is 3.69. The van der Waals surface area contributed by atoms with E-state index in [0.717, 1.165) is 11.6 Å². The fraction of sp³-hybridized carbons (Fsp3) is 0.250. The molecule has 2 aromatic carbocycles. The summed E-state index contributed by atoms with van der Waals surface area (Å²) in [5, 5.41) is 3.10. The van der Waals surface area contributed by atoms with Gasteiger partial charge in [0.15, 0.2) is 0 Å². The molecule has 0 aromatic heterocycles. The van der Waals surface area contributed by atoms with E-state index in [1.165, 1.54) is 6.07 Å². The van der Waals surface area contributed by atoms with E-state index in [4.69, 9.17) is 9.47 Å². The number of hydrogen-bond donors (Lipinski definition) is 1. The van der Waals surface area contributed by atoms with E-state index in [1.54, 1.807) is 26.4 Å². The number of methoxy groups -OCH3 is 2. The third kappa shape index (κ3) is 2.39. The Bertz CT molecular complexity index is 688. The molecule has 0 fully saturated rings. The smallest absolute Gasteiger partial charge is 0.149 e. The highest BCUT2D eigenvalue weighted by Crippen LogP contribution is 2.40. The van der Waals surface area contributed by atoms with Crippen molar-refractivity contribution in [3.05, 3.63) is 53.1 Å². The Hall–Kier alpha value is -2.30. The van der Waals surface area contributed by atoms with Crippen molar-refractivity contribution in [1.29, 1.82) is 0 Å². The van der Waals surface area contributed by atoms with E-state index >= 15 is 0 Å². The predicted octanol–water partition coefficient (Wildman–Crippen LogP) is 3.69. The lowest BCUT2D eigenvalue weighted by Crippen LogP contribution is -2.08. The van der Waals surface area contributed by atoms with Crippen LogP contribution in [0, 0.1) is 11.6 Å². The third-order valence-corrected chi connectivity index (χ3v) is 3.69. The monoisotopic (exact) mass is 291 g/mol. The molecule has 0 saturated heterocycles. The average Bonchev–Trinajstić information content (AvgIpc) is 2.90. The highest BCUT2D eigenvalue weighted by atomic mass is 19.1. The van der Waals surface area contributed by atoms with Gasteiger partial charge in [0, 0.05) is 11.6 Å². The van der Waals surface area contributed by atoms with Gasteiger partial charge >= 0.3 is 0 Å². The molecular formula is C16H15F2NO2. The van der Waals surface area contributed by atoms with Crippen LogP contribution in [-0.4, -0.2) is 14.2 Å². The number of benzene rings is 2. The van der Waals surface area contributed by atoms with Crippen LogP contribution in [0.2, 0.25) is 0 Å². The fourth-order valence-electron chi connectivity index (χ4n) is 2.69. The van der Waals surface area contributed by atoms with Gasteiger partial charge in [0.1, 0.15) is 23.1 Å². The van der Waals surface area contributed by atoms with E-state index in [2.05, 4.69) is 5.32 Å². The van der Waals surface area contributed by atoms with Gasteiger partial charge in [-0.1, -0.05) is 0 Å². The quantitative estimate of drug-likeness (QED) is 0.935. The highest BCUT2D eigenvalue weighted by Gasteiger charge is 2.28. The molecule has 1 aliphatic heterocycles. The number of nitrogens with one attached hydrogen (secondary N) is 1. The first kappa shape index (κ1) is 13.7. The van der Waals surface area contributed by atoms with Gasteiger partial charge in [-0.2, -0.15) is 0 Å². The average molecular weight is 291 g/mol. The topological polar surface area (TPSA) is 30.5 Å². The van der Waals surface area contributed by atoms with Crippen LogP contribution in [0.1, 0.15) is 17.2 Å². The van der Waals surface area contributed by atoms with Crippen LogP contribution in [0.25, 0.3) is 0 Å². The minimum absolute atomic E-state index is 0.179. The number of rotatable bonds is 3. The Labute approximate surface area is 121 Å². The molecule has 1 atom stereocenters. The van der Waals surface area contributed by atoms with Gasteiger partial charge < -0.3 is 14.8 Å². The molecule has 3 rings (SSSR count). The standard InChI is InChI=1S/C16H15F2NO2/c1-20-11-3-4-15(21-2)12(8-11)14-6-9-5-10(17)7-13(18)16(9)19-14/h3-5,7-8,14,19H,6H2,1-2H3. The van der Waals surface area contributed by atoms with Crippen LogP contribution < -0.4 is 14.8 Å². The molecule has 5 heteroatoms. The summed E-state index contributed by atoms with van der Waals surface area (Å²) in [6, 6.07) is 7.51. The summed E-state index contributed by atoms with van der Waals surface area (Å²) >= 11 is 0. The summed E-state index contributed by atoms with van der Waals surface area (Å²) in [4.78, 5) is 0. The van der Waals surface area contributed by atoms with E-state index in [0.29, 0.717) is 29.2 Å². The Balaban J connectivity index is 1.99. The molecule has 0 aliphatic carbocycles. The summed E-state index contributed by atoms with van der Waals surface area (Å²) in [7, 11) is 3.16. The number of halogens is 2. The maximum Gasteiger partial charge on any atom is 0.149 e. The van der Waals surface area contributed by atoms with E-state index in [9.17, 15) is 8.78 Å². The van der Waals surface area contributed by atoms with Crippen molar-refractivity contribution in [2.45, 2.75) is 12.5 Å². The second-order valence-electron chi connectivity index (χ2n) is 4.93. The van der Waals surface area contributed by atoms with Crippen molar-refractivity contribution in [2.75, 3.05) is 19.5 Å². The Morgan fingerprint density at radius 1 is 1.10 bits per heavy atom. The lowest BCUT2D eigenvalue weighted by Gasteiger charge is -2.17. The molecule has 110 valence electrons. The molecule has 21 heavy (non-hydrogen) atoms. The maximum absolute atomic E-state index is 13.8. The molecule has 1 heterocycles. The van der Waals surface area contributed by atoms with Gasteiger partial charge in [0.05, 0.1) is 25.9 Å². The molecule has 0 amide bonds. The van der Waals surface area contributed by atoms with Crippen LogP contribution in [0.15, 0.2) is 30.3 Å². The van der Waals surface area contributed by atoms with Crippen molar-refractivity contribution < 1.29 is 18.3 Å².